The van der Waals surface area contributed by atoms with E-state index < -0.39 is 0 Å². The summed E-state index contributed by atoms with van der Waals surface area (Å²) in [6.07, 6.45) is 1.03. The van der Waals surface area contributed by atoms with Gasteiger partial charge in [0.1, 0.15) is 12.7 Å². The van der Waals surface area contributed by atoms with Gasteiger partial charge < -0.3 is 15.2 Å². The van der Waals surface area contributed by atoms with Crippen molar-refractivity contribution in [3.8, 4) is 11.5 Å². The maximum Gasteiger partial charge on any atom is 0.163 e. The molecular formula is C10H12ClNO2. The minimum atomic E-state index is 0.113. The van der Waals surface area contributed by atoms with Crippen molar-refractivity contribution in [3.05, 3.63) is 17.2 Å². The van der Waals surface area contributed by atoms with Gasteiger partial charge in [-0.1, -0.05) is 18.5 Å². The van der Waals surface area contributed by atoms with Crippen LogP contribution in [0.15, 0.2) is 12.1 Å². The summed E-state index contributed by atoms with van der Waals surface area (Å²) in [4.78, 5) is 0. The molecule has 1 aliphatic heterocycles. The van der Waals surface area contributed by atoms with Crippen molar-refractivity contribution in [1.29, 1.82) is 0 Å². The van der Waals surface area contributed by atoms with E-state index >= 15 is 0 Å². The molecular weight excluding hydrogens is 202 g/mol. The molecule has 2 N–H and O–H groups in total. The molecule has 4 heteroatoms. The molecule has 0 spiro atoms. The van der Waals surface area contributed by atoms with Gasteiger partial charge in [0.15, 0.2) is 11.5 Å². The monoisotopic (exact) mass is 213 g/mol. The Morgan fingerprint density at radius 3 is 3.00 bits per heavy atom. The molecule has 1 aromatic rings. The normalized spacial score (nSPS) is 19.4. The van der Waals surface area contributed by atoms with Gasteiger partial charge in [0.05, 0.1) is 10.7 Å². The Bertz CT molecular complexity index is 354. The molecule has 1 aromatic carbocycles. The highest BCUT2D eigenvalue weighted by Crippen LogP contribution is 2.37. The van der Waals surface area contributed by atoms with Gasteiger partial charge >= 0.3 is 0 Å². The van der Waals surface area contributed by atoms with Crippen LogP contribution in [0.3, 0.4) is 0 Å². The van der Waals surface area contributed by atoms with Crippen LogP contribution in [0.2, 0.25) is 5.02 Å². The number of hydrogen-bond acceptors (Lipinski definition) is 3. The lowest BCUT2D eigenvalue weighted by atomic mass is 10.2. The van der Waals surface area contributed by atoms with Crippen LogP contribution >= 0.6 is 11.6 Å². The molecule has 1 atom stereocenters. The summed E-state index contributed by atoms with van der Waals surface area (Å²) in [7, 11) is 0. The number of ether oxygens (including phenoxy) is 2. The minimum Gasteiger partial charge on any atom is -0.486 e. The topological polar surface area (TPSA) is 44.5 Å². The SMILES string of the molecule is CC[C@H]1COc2cc(N)c(Cl)cc2O1. The fraction of sp³-hybridized carbons (Fsp3) is 0.400. The Kier molecular flexibility index (Phi) is 2.42. The number of rotatable bonds is 1. The third-order valence-electron chi connectivity index (χ3n) is 2.24. The summed E-state index contributed by atoms with van der Waals surface area (Å²) < 4.78 is 11.2. The molecule has 1 aliphatic rings. The molecule has 0 bridgehead atoms. The first-order valence-corrected chi connectivity index (χ1v) is 4.97. The van der Waals surface area contributed by atoms with Crippen molar-refractivity contribution in [3.63, 3.8) is 0 Å². The highest BCUT2D eigenvalue weighted by Gasteiger charge is 2.20. The summed E-state index contributed by atoms with van der Waals surface area (Å²) >= 11 is 5.88. The third-order valence-corrected chi connectivity index (χ3v) is 2.56. The smallest absolute Gasteiger partial charge is 0.163 e. The summed E-state index contributed by atoms with van der Waals surface area (Å²) in [5, 5.41) is 0.504. The van der Waals surface area contributed by atoms with E-state index in [0.717, 1.165) is 6.42 Å². The van der Waals surface area contributed by atoms with Crippen LogP contribution in [0, 0.1) is 0 Å². The third kappa shape index (κ3) is 1.60. The lowest BCUT2D eigenvalue weighted by molar-refractivity contribution is 0.0885. The van der Waals surface area contributed by atoms with Crippen LogP contribution in [-0.4, -0.2) is 12.7 Å². The molecule has 0 aliphatic carbocycles. The highest BCUT2D eigenvalue weighted by molar-refractivity contribution is 6.33. The number of halogens is 1. The van der Waals surface area contributed by atoms with Crippen molar-refractivity contribution in [2.45, 2.75) is 19.4 Å². The van der Waals surface area contributed by atoms with Gasteiger partial charge in [-0.2, -0.15) is 0 Å². The number of anilines is 1. The van der Waals surface area contributed by atoms with E-state index in [1.807, 2.05) is 0 Å². The van der Waals surface area contributed by atoms with E-state index in [4.69, 9.17) is 26.8 Å². The zero-order valence-corrected chi connectivity index (χ0v) is 8.67. The van der Waals surface area contributed by atoms with Gasteiger partial charge in [-0.15, -0.1) is 0 Å². The summed E-state index contributed by atoms with van der Waals surface area (Å²) in [6, 6.07) is 3.40. The molecule has 0 saturated carbocycles. The minimum absolute atomic E-state index is 0.113. The standard InChI is InChI=1S/C10H12ClNO2/c1-2-6-5-13-9-4-8(12)7(11)3-10(9)14-6/h3-4,6H,2,5,12H2,1H3/t6-/m0/s1. The molecule has 3 nitrogen and oxygen atoms in total. The van der Waals surface area contributed by atoms with E-state index in [1.54, 1.807) is 12.1 Å². The summed E-state index contributed by atoms with van der Waals surface area (Å²) in [5.41, 5.74) is 6.16. The molecule has 0 amide bonds. The first-order valence-electron chi connectivity index (χ1n) is 4.59. The van der Waals surface area contributed by atoms with Gasteiger partial charge in [-0.3, -0.25) is 0 Å². The van der Waals surface area contributed by atoms with Gasteiger partial charge in [-0.25, -0.2) is 0 Å². The molecule has 2 rings (SSSR count). The van der Waals surface area contributed by atoms with Gasteiger partial charge in [-0.05, 0) is 6.42 Å². The number of fused-ring (bicyclic) bond motifs is 1. The summed E-state index contributed by atoms with van der Waals surface area (Å²) in [6.45, 7) is 2.63. The molecule has 0 radical (unpaired) electrons. The van der Waals surface area contributed by atoms with Crippen LogP contribution in [0.25, 0.3) is 0 Å². The van der Waals surface area contributed by atoms with Crippen molar-refractivity contribution in [2.24, 2.45) is 0 Å². The van der Waals surface area contributed by atoms with E-state index in [0.29, 0.717) is 28.8 Å². The van der Waals surface area contributed by atoms with Gasteiger partial charge in [0.2, 0.25) is 0 Å². The molecule has 0 fully saturated rings. The van der Waals surface area contributed by atoms with Crippen LogP contribution in [-0.2, 0) is 0 Å². The maximum atomic E-state index is 5.88. The van der Waals surface area contributed by atoms with Crippen molar-refractivity contribution in [1.82, 2.24) is 0 Å². The van der Waals surface area contributed by atoms with Crippen LogP contribution < -0.4 is 15.2 Å². The molecule has 1 heterocycles. The summed E-state index contributed by atoms with van der Waals surface area (Å²) in [5.74, 6) is 1.36. The Hall–Kier alpha value is -1.09. The van der Waals surface area contributed by atoms with Crippen molar-refractivity contribution < 1.29 is 9.47 Å². The largest absolute Gasteiger partial charge is 0.486 e. The van der Waals surface area contributed by atoms with Crippen LogP contribution in [0.4, 0.5) is 5.69 Å². The predicted octanol–water partition coefficient (Wildman–Crippen LogP) is 2.47. The van der Waals surface area contributed by atoms with Crippen molar-refractivity contribution >= 4 is 17.3 Å². The Morgan fingerprint density at radius 2 is 2.29 bits per heavy atom. The molecule has 14 heavy (non-hydrogen) atoms. The second-order valence-electron chi connectivity index (χ2n) is 3.28. The average Bonchev–Trinajstić information content (AvgIpc) is 2.19. The second kappa shape index (κ2) is 3.58. The van der Waals surface area contributed by atoms with Crippen molar-refractivity contribution in [2.75, 3.05) is 12.3 Å². The van der Waals surface area contributed by atoms with Gasteiger partial charge in [0.25, 0.3) is 0 Å². The van der Waals surface area contributed by atoms with E-state index in [-0.39, 0.29) is 6.10 Å². The fourth-order valence-corrected chi connectivity index (χ4v) is 1.51. The maximum absolute atomic E-state index is 5.88. The first-order chi connectivity index (χ1) is 6.70. The van der Waals surface area contributed by atoms with E-state index in [2.05, 4.69) is 6.92 Å². The Morgan fingerprint density at radius 1 is 1.50 bits per heavy atom. The van der Waals surface area contributed by atoms with E-state index in [1.165, 1.54) is 0 Å². The molecule has 0 unspecified atom stereocenters. The fourth-order valence-electron chi connectivity index (χ4n) is 1.35. The van der Waals surface area contributed by atoms with Crippen LogP contribution in [0.5, 0.6) is 11.5 Å². The number of hydrogen-bond donors (Lipinski definition) is 1. The molecule has 0 saturated heterocycles. The second-order valence-corrected chi connectivity index (χ2v) is 3.69. The zero-order valence-electron chi connectivity index (χ0n) is 7.92. The van der Waals surface area contributed by atoms with Crippen LogP contribution in [0.1, 0.15) is 13.3 Å². The Labute approximate surface area is 87.8 Å². The predicted molar refractivity (Wildman–Crippen MR) is 56.1 cm³/mol. The first kappa shape index (κ1) is 9.46. The lowest BCUT2D eigenvalue weighted by Gasteiger charge is -2.26. The van der Waals surface area contributed by atoms with E-state index in [9.17, 15) is 0 Å². The van der Waals surface area contributed by atoms with Gasteiger partial charge in [0, 0.05) is 12.1 Å². The average molecular weight is 214 g/mol. The highest BCUT2D eigenvalue weighted by atomic mass is 35.5. The quantitative estimate of drug-likeness (QED) is 0.729. The molecule has 76 valence electrons. The number of nitrogen functional groups attached to an aromatic ring is 1. The number of nitrogens with two attached hydrogens (primary N) is 1. The Balaban J connectivity index is 2.33. The number of benzene rings is 1. The molecule has 0 aromatic heterocycles. The zero-order chi connectivity index (χ0) is 10.1. The lowest BCUT2D eigenvalue weighted by Crippen LogP contribution is -2.28.